The average Bonchev–Trinajstić information content (AvgIpc) is 3.11. The highest BCUT2D eigenvalue weighted by molar-refractivity contribution is 6.21. The minimum absolute atomic E-state index is 0.0354. The Morgan fingerprint density at radius 2 is 1.02 bits per heavy atom. The fraction of sp³-hybridized carbons (Fsp3) is 0.277. The largest absolute Gasteiger partial charge is 0.380 e. The molecule has 2 atom stereocenters. The third-order valence-corrected chi connectivity index (χ3v) is 11.2. The Balaban J connectivity index is 1.27. The number of fused-ring (bicyclic) bond motifs is 1. The molecule has 0 aliphatic heterocycles. The highest BCUT2D eigenvalue weighted by atomic mass is 35.5. The summed E-state index contributed by atoms with van der Waals surface area (Å²) in [6, 6.07) is 40.8. The van der Waals surface area contributed by atoms with Crippen LogP contribution in [0.3, 0.4) is 0 Å². The van der Waals surface area contributed by atoms with Gasteiger partial charge in [0.05, 0.1) is 5.38 Å². The first kappa shape index (κ1) is 34.7. The minimum Gasteiger partial charge on any atom is -0.380 e. The van der Waals surface area contributed by atoms with Crippen LogP contribution in [0, 0.1) is 41.5 Å². The molecule has 7 rings (SSSR count). The maximum absolute atomic E-state index is 6.83. The second-order valence-electron chi connectivity index (χ2n) is 14.8. The molecule has 0 saturated heterocycles. The lowest BCUT2D eigenvalue weighted by atomic mass is 9.82. The number of halogens is 1. The van der Waals surface area contributed by atoms with E-state index in [1.807, 2.05) is 0 Å². The zero-order valence-electron chi connectivity index (χ0n) is 30.8. The van der Waals surface area contributed by atoms with Gasteiger partial charge >= 0.3 is 0 Å². The fourth-order valence-corrected chi connectivity index (χ4v) is 8.60. The SMILES string of the molecule is Cc1cc(C)c(Nc2ccc(C(c3ccc(Nc4c(C)cc(C)cc4C)cc3)c3ccc(NC4CCCCC4Cl)c4ccccc34)cc2)c(C)c1. The summed E-state index contributed by atoms with van der Waals surface area (Å²) in [6.07, 6.45) is 4.61. The van der Waals surface area contributed by atoms with Gasteiger partial charge in [0.1, 0.15) is 0 Å². The zero-order chi connectivity index (χ0) is 35.6. The van der Waals surface area contributed by atoms with Crippen LogP contribution in [-0.4, -0.2) is 11.4 Å². The molecule has 6 aromatic rings. The van der Waals surface area contributed by atoms with Crippen molar-refractivity contribution in [2.45, 2.75) is 84.6 Å². The van der Waals surface area contributed by atoms with Crippen LogP contribution in [0.25, 0.3) is 10.8 Å². The minimum atomic E-state index is 0.0354. The molecule has 1 fully saturated rings. The van der Waals surface area contributed by atoms with Gasteiger partial charge in [-0.2, -0.15) is 0 Å². The molecule has 0 radical (unpaired) electrons. The van der Waals surface area contributed by atoms with Gasteiger partial charge in [-0.15, -0.1) is 11.6 Å². The summed E-state index contributed by atoms with van der Waals surface area (Å²) in [5, 5.41) is 13.9. The Morgan fingerprint density at radius 3 is 1.51 bits per heavy atom. The molecule has 2 unspecified atom stereocenters. The topological polar surface area (TPSA) is 36.1 Å². The van der Waals surface area contributed by atoms with Crippen molar-refractivity contribution in [1.82, 2.24) is 0 Å². The third kappa shape index (κ3) is 7.51. The van der Waals surface area contributed by atoms with Crippen molar-refractivity contribution in [1.29, 1.82) is 0 Å². The van der Waals surface area contributed by atoms with Crippen LogP contribution >= 0.6 is 11.6 Å². The van der Waals surface area contributed by atoms with E-state index in [0.29, 0.717) is 0 Å². The van der Waals surface area contributed by atoms with Gasteiger partial charge in [0.25, 0.3) is 0 Å². The maximum Gasteiger partial charge on any atom is 0.0537 e. The van der Waals surface area contributed by atoms with Crippen molar-refractivity contribution in [3.05, 3.63) is 159 Å². The number of nitrogens with one attached hydrogen (secondary N) is 3. The molecule has 260 valence electrons. The molecule has 0 amide bonds. The zero-order valence-corrected chi connectivity index (χ0v) is 31.6. The fourth-order valence-electron chi connectivity index (χ4n) is 8.26. The van der Waals surface area contributed by atoms with E-state index in [9.17, 15) is 0 Å². The van der Waals surface area contributed by atoms with Crippen LogP contribution in [0.15, 0.2) is 109 Å². The summed E-state index contributed by atoms with van der Waals surface area (Å²) in [4.78, 5) is 0. The Labute approximate surface area is 309 Å². The number of benzene rings is 6. The second kappa shape index (κ2) is 14.9. The summed E-state index contributed by atoms with van der Waals surface area (Å²) in [5.74, 6) is 0.0354. The first-order valence-electron chi connectivity index (χ1n) is 18.5. The molecule has 6 aromatic carbocycles. The molecule has 4 heteroatoms. The summed E-state index contributed by atoms with van der Waals surface area (Å²) in [5.41, 5.74) is 17.1. The van der Waals surface area contributed by atoms with Crippen molar-refractivity contribution in [3.63, 3.8) is 0 Å². The number of aryl methyl sites for hydroxylation is 6. The molecule has 1 saturated carbocycles. The van der Waals surface area contributed by atoms with Crippen molar-refractivity contribution in [2.75, 3.05) is 16.0 Å². The van der Waals surface area contributed by atoms with Crippen LogP contribution < -0.4 is 16.0 Å². The number of alkyl halides is 1. The smallest absolute Gasteiger partial charge is 0.0537 e. The molecule has 3 N–H and O–H groups in total. The van der Waals surface area contributed by atoms with E-state index in [-0.39, 0.29) is 17.3 Å². The van der Waals surface area contributed by atoms with E-state index in [0.717, 1.165) is 29.9 Å². The predicted molar refractivity (Wildman–Crippen MR) is 221 cm³/mol. The Kier molecular flexibility index (Phi) is 10.1. The molecule has 1 aliphatic rings. The molecular weight excluding hydrogens is 642 g/mol. The molecule has 1 aliphatic carbocycles. The van der Waals surface area contributed by atoms with Gasteiger partial charge in [-0.25, -0.2) is 0 Å². The number of rotatable bonds is 9. The summed E-state index contributed by atoms with van der Waals surface area (Å²) < 4.78 is 0. The normalized spacial score (nSPS) is 16.0. The van der Waals surface area contributed by atoms with Crippen molar-refractivity contribution >= 4 is 50.8 Å². The van der Waals surface area contributed by atoms with Crippen LogP contribution in [0.2, 0.25) is 0 Å². The van der Waals surface area contributed by atoms with E-state index in [1.165, 1.54) is 85.1 Å². The number of anilines is 5. The molecular formula is C47H50ClN3. The summed E-state index contributed by atoms with van der Waals surface area (Å²) in [6.45, 7) is 13.0. The Morgan fingerprint density at radius 1 is 0.549 bits per heavy atom. The van der Waals surface area contributed by atoms with Crippen LogP contribution in [0.1, 0.15) is 81.7 Å². The van der Waals surface area contributed by atoms with E-state index >= 15 is 0 Å². The van der Waals surface area contributed by atoms with E-state index in [1.54, 1.807) is 0 Å². The predicted octanol–water partition coefficient (Wildman–Crippen LogP) is 13.3. The van der Waals surface area contributed by atoms with Crippen molar-refractivity contribution < 1.29 is 0 Å². The lowest BCUT2D eigenvalue weighted by molar-refractivity contribution is 0.470. The second-order valence-corrected chi connectivity index (χ2v) is 15.3. The van der Waals surface area contributed by atoms with Gasteiger partial charge in [-0.05, 0) is 129 Å². The standard InChI is InChI=1S/C47H50ClN3/c1-29-25-31(3)46(32(4)26-29)49-37-19-15-35(16-20-37)45(36-17-21-38(22-18-36)50-47-33(5)27-30(2)28-34(47)6)41-23-24-43(40-12-8-7-11-39(40)41)51-44-14-10-9-13-42(44)48/h7-8,11-12,15-28,42,44-45,49-51H,9-10,13-14H2,1-6H3. The first-order valence-corrected chi connectivity index (χ1v) is 18.9. The molecule has 51 heavy (non-hydrogen) atoms. The Hall–Kier alpha value is -4.73. The Bertz CT molecular complexity index is 2020. The van der Waals surface area contributed by atoms with E-state index in [4.69, 9.17) is 11.6 Å². The highest BCUT2D eigenvalue weighted by Crippen LogP contribution is 2.41. The molecule has 0 bridgehead atoms. The van der Waals surface area contributed by atoms with Crippen LogP contribution in [-0.2, 0) is 0 Å². The van der Waals surface area contributed by atoms with Gasteiger partial charge in [-0.3, -0.25) is 0 Å². The molecule has 0 aromatic heterocycles. The summed E-state index contributed by atoms with van der Waals surface area (Å²) in [7, 11) is 0. The third-order valence-electron chi connectivity index (χ3n) is 10.7. The molecule has 3 nitrogen and oxygen atoms in total. The highest BCUT2D eigenvalue weighted by Gasteiger charge is 2.25. The van der Waals surface area contributed by atoms with Crippen LogP contribution in [0.5, 0.6) is 0 Å². The lowest BCUT2D eigenvalue weighted by Crippen LogP contribution is -2.32. The maximum atomic E-state index is 6.83. The monoisotopic (exact) mass is 691 g/mol. The molecule has 0 heterocycles. The van der Waals surface area contributed by atoms with Gasteiger partial charge in [0.2, 0.25) is 0 Å². The lowest BCUT2D eigenvalue weighted by Gasteiger charge is -2.30. The van der Waals surface area contributed by atoms with Gasteiger partial charge in [-0.1, -0.05) is 103 Å². The van der Waals surface area contributed by atoms with Gasteiger partial charge in [0.15, 0.2) is 0 Å². The summed E-state index contributed by atoms with van der Waals surface area (Å²) >= 11 is 6.83. The number of hydrogen-bond acceptors (Lipinski definition) is 3. The number of hydrogen-bond donors (Lipinski definition) is 3. The average molecular weight is 692 g/mol. The van der Waals surface area contributed by atoms with Crippen molar-refractivity contribution in [3.8, 4) is 0 Å². The van der Waals surface area contributed by atoms with Gasteiger partial charge < -0.3 is 16.0 Å². The van der Waals surface area contributed by atoms with E-state index < -0.39 is 0 Å². The first-order chi connectivity index (χ1) is 24.6. The van der Waals surface area contributed by atoms with E-state index in [2.05, 4.69) is 167 Å². The van der Waals surface area contributed by atoms with Gasteiger partial charge in [0, 0.05) is 45.8 Å². The quantitative estimate of drug-likeness (QED) is 0.104. The van der Waals surface area contributed by atoms with Crippen molar-refractivity contribution in [2.24, 2.45) is 0 Å². The van der Waals surface area contributed by atoms with Crippen LogP contribution in [0.4, 0.5) is 28.4 Å². The molecule has 0 spiro atoms.